The van der Waals surface area contributed by atoms with E-state index in [1.165, 1.54) is 22.7 Å². The lowest BCUT2D eigenvalue weighted by Crippen LogP contribution is -2.12. The third-order valence-corrected chi connectivity index (χ3v) is 3.36. The molecule has 2 aromatic heterocycles. The maximum absolute atomic E-state index is 11.7. The van der Waals surface area contributed by atoms with Gasteiger partial charge in [0.05, 0.1) is 0 Å². The molecule has 2 heterocycles. The van der Waals surface area contributed by atoms with Gasteiger partial charge >= 0.3 is 0 Å². The van der Waals surface area contributed by atoms with Gasteiger partial charge in [0, 0.05) is 16.5 Å². The zero-order valence-electron chi connectivity index (χ0n) is 8.58. The molecule has 0 aliphatic heterocycles. The molecular formula is C11H7N3OS2. The Morgan fingerprint density at radius 2 is 2.35 bits per heavy atom. The van der Waals surface area contributed by atoms with Crippen LogP contribution in [0.3, 0.4) is 0 Å². The molecule has 0 saturated heterocycles. The highest BCUT2D eigenvalue weighted by Gasteiger charge is 2.10. The Bertz CT molecular complexity index is 564. The number of anilines is 1. The molecule has 1 amide bonds. The number of nitrogens with zero attached hydrogens (tertiary/aromatic N) is 2. The van der Waals surface area contributed by atoms with E-state index in [9.17, 15) is 4.79 Å². The van der Waals surface area contributed by atoms with E-state index < -0.39 is 5.91 Å². The Morgan fingerprint density at radius 3 is 2.94 bits per heavy atom. The van der Waals surface area contributed by atoms with Crippen molar-refractivity contribution in [1.29, 1.82) is 5.26 Å². The summed E-state index contributed by atoms with van der Waals surface area (Å²) < 4.78 is 0. The van der Waals surface area contributed by atoms with E-state index in [0.29, 0.717) is 5.13 Å². The first-order valence-electron chi connectivity index (χ1n) is 4.66. The number of nitrogens with one attached hydrogen (secondary N) is 1. The van der Waals surface area contributed by atoms with Crippen LogP contribution in [0.1, 0.15) is 4.88 Å². The summed E-state index contributed by atoms with van der Waals surface area (Å²) in [6, 6.07) is 5.60. The lowest BCUT2D eigenvalue weighted by Gasteiger charge is -1.98. The Labute approximate surface area is 106 Å². The third kappa shape index (κ3) is 3.00. The van der Waals surface area contributed by atoms with Crippen LogP contribution >= 0.6 is 22.7 Å². The van der Waals surface area contributed by atoms with E-state index >= 15 is 0 Å². The minimum atomic E-state index is -0.434. The average Bonchev–Trinajstić information content (AvgIpc) is 2.97. The summed E-state index contributed by atoms with van der Waals surface area (Å²) in [5.41, 5.74) is 0.0719. The first-order valence-corrected chi connectivity index (χ1v) is 6.41. The van der Waals surface area contributed by atoms with Crippen LogP contribution in [0.25, 0.3) is 6.08 Å². The fourth-order valence-electron chi connectivity index (χ4n) is 1.11. The van der Waals surface area contributed by atoms with Crippen molar-refractivity contribution in [1.82, 2.24) is 4.98 Å². The Morgan fingerprint density at radius 1 is 1.47 bits per heavy atom. The van der Waals surface area contributed by atoms with Crippen molar-refractivity contribution in [2.75, 3.05) is 5.32 Å². The number of aromatic nitrogens is 1. The van der Waals surface area contributed by atoms with Gasteiger partial charge in [-0.2, -0.15) is 5.26 Å². The summed E-state index contributed by atoms with van der Waals surface area (Å²) in [6.45, 7) is 0. The van der Waals surface area contributed by atoms with Crippen molar-refractivity contribution < 1.29 is 4.79 Å². The maximum atomic E-state index is 11.7. The fourth-order valence-corrected chi connectivity index (χ4v) is 2.30. The van der Waals surface area contributed by atoms with Crippen LogP contribution in [0.15, 0.2) is 34.7 Å². The van der Waals surface area contributed by atoms with E-state index in [1.54, 1.807) is 17.7 Å². The minimum absolute atomic E-state index is 0.0719. The summed E-state index contributed by atoms with van der Waals surface area (Å²) in [5.74, 6) is -0.434. The normalized spacial score (nSPS) is 10.9. The first-order chi connectivity index (χ1) is 8.29. The smallest absolute Gasteiger partial charge is 0.268 e. The third-order valence-electron chi connectivity index (χ3n) is 1.85. The quantitative estimate of drug-likeness (QED) is 0.682. The van der Waals surface area contributed by atoms with Gasteiger partial charge in [0.15, 0.2) is 5.13 Å². The minimum Gasteiger partial charge on any atom is -0.297 e. The molecule has 0 aromatic carbocycles. The molecule has 0 unspecified atom stereocenters. The van der Waals surface area contributed by atoms with Gasteiger partial charge in [-0.05, 0) is 17.5 Å². The fraction of sp³-hybridized carbons (Fsp3) is 0. The van der Waals surface area contributed by atoms with Crippen LogP contribution < -0.4 is 5.32 Å². The second-order valence-electron chi connectivity index (χ2n) is 2.98. The molecule has 0 saturated carbocycles. The molecule has 0 atom stereocenters. The van der Waals surface area contributed by atoms with Crippen LogP contribution in [0.2, 0.25) is 0 Å². The molecule has 2 aromatic rings. The van der Waals surface area contributed by atoms with Crippen LogP contribution in [-0.2, 0) is 4.79 Å². The monoisotopic (exact) mass is 261 g/mol. The molecule has 0 aliphatic carbocycles. The zero-order chi connectivity index (χ0) is 12.1. The van der Waals surface area contributed by atoms with E-state index in [1.807, 2.05) is 23.6 Å². The molecule has 0 bridgehead atoms. The Hall–Kier alpha value is -1.97. The number of rotatable bonds is 3. The first kappa shape index (κ1) is 11.5. The number of thiophene rings is 1. The van der Waals surface area contributed by atoms with Gasteiger partial charge in [-0.25, -0.2) is 4.98 Å². The highest BCUT2D eigenvalue weighted by molar-refractivity contribution is 7.13. The van der Waals surface area contributed by atoms with Crippen molar-refractivity contribution in [3.8, 4) is 6.07 Å². The van der Waals surface area contributed by atoms with Gasteiger partial charge in [-0.15, -0.1) is 22.7 Å². The van der Waals surface area contributed by atoms with Gasteiger partial charge in [0.25, 0.3) is 5.91 Å². The molecule has 4 nitrogen and oxygen atoms in total. The molecule has 2 rings (SSSR count). The molecule has 1 N–H and O–H groups in total. The van der Waals surface area contributed by atoms with Crippen molar-refractivity contribution in [3.05, 3.63) is 39.5 Å². The molecule has 84 valence electrons. The number of thiazole rings is 1. The summed E-state index contributed by atoms with van der Waals surface area (Å²) in [7, 11) is 0. The second kappa shape index (κ2) is 5.39. The van der Waals surface area contributed by atoms with Crippen molar-refractivity contribution >= 4 is 39.8 Å². The van der Waals surface area contributed by atoms with Gasteiger partial charge in [-0.1, -0.05) is 6.07 Å². The number of hydrogen-bond donors (Lipinski definition) is 1. The summed E-state index contributed by atoms with van der Waals surface area (Å²) in [4.78, 5) is 16.5. The van der Waals surface area contributed by atoms with Gasteiger partial charge in [0.1, 0.15) is 11.6 Å². The maximum Gasteiger partial charge on any atom is 0.268 e. The number of carbonyl (C=O) groups is 1. The van der Waals surface area contributed by atoms with Crippen molar-refractivity contribution in [2.24, 2.45) is 0 Å². The number of hydrogen-bond acceptors (Lipinski definition) is 5. The predicted molar refractivity (Wildman–Crippen MR) is 68.7 cm³/mol. The molecule has 0 spiro atoms. The molecule has 17 heavy (non-hydrogen) atoms. The van der Waals surface area contributed by atoms with Crippen LogP contribution in [0, 0.1) is 11.3 Å². The van der Waals surface area contributed by atoms with Crippen LogP contribution in [0.4, 0.5) is 5.13 Å². The largest absolute Gasteiger partial charge is 0.297 e. The van der Waals surface area contributed by atoms with E-state index in [-0.39, 0.29) is 5.57 Å². The zero-order valence-corrected chi connectivity index (χ0v) is 10.2. The lowest BCUT2D eigenvalue weighted by molar-refractivity contribution is -0.112. The molecule has 0 fully saturated rings. The van der Waals surface area contributed by atoms with Crippen molar-refractivity contribution in [3.63, 3.8) is 0 Å². The van der Waals surface area contributed by atoms with Crippen molar-refractivity contribution in [2.45, 2.75) is 0 Å². The summed E-state index contributed by atoms with van der Waals surface area (Å²) in [5, 5.41) is 15.6. The lowest BCUT2D eigenvalue weighted by atomic mass is 10.2. The van der Waals surface area contributed by atoms with E-state index in [4.69, 9.17) is 5.26 Å². The number of nitriles is 1. The predicted octanol–water partition coefficient (Wildman–Crippen LogP) is 2.75. The highest BCUT2D eigenvalue weighted by atomic mass is 32.1. The van der Waals surface area contributed by atoms with E-state index in [2.05, 4.69) is 10.3 Å². The highest BCUT2D eigenvalue weighted by Crippen LogP contribution is 2.15. The molecular weight excluding hydrogens is 254 g/mol. The van der Waals surface area contributed by atoms with Gasteiger partial charge in [0.2, 0.25) is 0 Å². The van der Waals surface area contributed by atoms with Gasteiger partial charge < -0.3 is 0 Å². The molecule has 0 radical (unpaired) electrons. The van der Waals surface area contributed by atoms with Crippen LogP contribution in [0.5, 0.6) is 0 Å². The molecule has 0 aliphatic rings. The van der Waals surface area contributed by atoms with Crippen LogP contribution in [-0.4, -0.2) is 10.9 Å². The van der Waals surface area contributed by atoms with E-state index in [0.717, 1.165) is 4.88 Å². The number of carbonyl (C=O) groups excluding carboxylic acids is 1. The van der Waals surface area contributed by atoms with Gasteiger partial charge in [-0.3, -0.25) is 10.1 Å². The number of amides is 1. The topological polar surface area (TPSA) is 65.8 Å². The average molecular weight is 261 g/mol. The second-order valence-corrected chi connectivity index (χ2v) is 4.85. The standard InChI is InChI=1S/C11H7N3OS2/c12-7-8(6-9-2-1-4-16-9)10(15)14-11-13-3-5-17-11/h1-6H,(H,13,14,15)/b8-6-. The Kier molecular flexibility index (Phi) is 3.65. The summed E-state index contributed by atoms with van der Waals surface area (Å²) >= 11 is 2.78. The summed E-state index contributed by atoms with van der Waals surface area (Å²) in [6.07, 6.45) is 3.16. The Balaban J connectivity index is 2.14. The molecule has 6 heteroatoms. The SMILES string of the molecule is N#C/C(=C/c1cccs1)C(=O)Nc1nccs1.